The van der Waals surface area contributed by atoms with Crippen LogP contribution in [0.2, 0.25) is 0 Å². The van der Waals surface area contributed by atoms with Gasteiger partial charge in [0.1, 0.15) is 0 Å². The lowest BCUT2D eigenvalue weighted by Gasteiger charge is -2.07. The molecule has 1 unspecified atom stereocenters. The average molecular weight is 223 g/mol. The van der Waals surface area contributed by atoms with Crippen LogP contribution in [0.25, 0.3) is 0 Å². The Morgan fingerprint density at radius 2 is 2.56 bits per heavy atom. The van der Waals surface area contributed by atoms with Gasteiger partial charge in [-0.25, -0.2) is 4.79 Å². The first kappa shape index (κ1) is 11.1. The molecule has 1 aromatic rings. The lowest BCUT2D eigenvalue weighted by molar-refractivity contribution is 0.0518. The Bertz CT molecular complexity index is 387. The van der Waals surface area contributed by atoms with Crippen LogP contribution < -0.4 is 5.32 Å². The number of ether oxygens (including phenoxy) is 1. The summed E-state index contributed by atoms with van der Waals surface area (Å²) in [6.45, 7) is 6.93. The molecular formula is C11H17N3O2. The van der Waals surface area contributed by atoms with Gasteiger partial charge in [0.05, 0.1) is 12.3 Å². The fraction of sp³-hybridized carbons (Fsp3) is 0.636. The number of fused-ring (bicyclic) bond motifs is 1. The van der Waals surface area contributed by atoms with Crippen LogP contribution in [0, 0.1) is 5.92 Å². The first-order valence-corrected chi connectivity index (χ1v) is 5.65. The summed E-state index contributed by atoms with van der Waals surface area (Å²) in [6, 6.07) is 1.81. The Balaban J connectivity index is 2.19. The molecule has 16 heavy (non-hydrogen) atoms. The van der Waals surface area contributed by atoms with Gasteiger partial charge in [0.15, 0.2) is 5.69 Å². The van der Waals surface area contributed by atoms with Gasteiger partial charge in [-0.2, -0.15) is 5.10 Å². The van der Waals surface area contributed by atoms with Crippen molar-refractivity contribution in [1.29, 1.82) is 0 Å². The molecule has 1 atom stereocenters. The maximum absolute atomic E-state index is 11.5. The van der Waals surface area contributed by atoms with Crippen LogP contribution in [0.5, 0.6) is 0 Å². The topological polar surface area (TPSA) is 56.2 Å². The highest BCUT2D eigenvalue weighted by Crippen LogP contribution is 2.12. The molecule has 0 saturated heterocycles. The Morgan fingerprint density at radius 1 is 1.75 bits per heavy atom. The summed E-state index contributed by atoms with van der Waals surface area (Å²) >= 11 is 0. The Hall–Kier alpha value is -1.36. The summed E-state index contributed by atoms with van der Waals surface area (Å²) in [5.74, 6) is 0.187. The van der Waals surface area contributed by atoms with E-state index < -0.39 is 0 Å². The second-order valence-electron chi connectivity index (χ2n) is 4.16. The van der Waals surface area contributed by atoms with E-state index in [1.807, 2.05) is 10.7 Å². The normalized spacial score (nSPS) is 20.0. The van der Waals surface area contributed by atoms with E-state index in [1.54, 1.807) is 6.92 Å². The molecule has 2 rings (SSSR count). The van der Waals surface area contributed by atoms with Gasteiger partial charge in [0, 0.05) is 13.1 Å². The molecule has 1 aliphatic rings. The molecule has 5 nitrogen and oxygen atoms in total. The smallest absolute Gasteiger partial charge is 0.358 e. The molecule has 1 N–H and O–H groups in total. The minimum Gasteiger partial charge on any atom is -0.461 e. The van der Waals surface area contributed by atoms with Crippen LogP contribution in [-0.4, -0.2) is 28.9 Å². The van der Waals surface area contributed by atoms with Gasteiger partial charge < -0.3 is 10.1 Å². The molecule has 0 radical (unpaired) electrons. The van der Waals surface area contributed by atoms with Crippen LogP contribution in [-0.2, 0) is 17.8 Å². The van der Waals surface area contributed by atoms with Gasteiger partial charge >= 0.3 is 5.97 Å². The second kappa shape index (κ2) is 4.65. The summed E-state index contributed by atoms with van der Waals surface area (Å²) in [7, 11) is 0. The third-order valence-electron chi connectivity index (χ3n) is 2.63. The molecule has 1 aliphatic heterocycles. The number of hydrogen-bond donors (Lipinski definition) is 1. The second-order valence-corrected chi connectivity index (χ2v) is 4.16. The van der Waals surface area contributed by atoms with Crippen molar-refractivity contribution in [3.05, 3.63) is 17.5 Å². The molecular weight excluding hydrogens is 206 g/mol. The van der Waals surface area contributed by atoms with Gasteiger partial charge in [-0.3, -0.25) is 4.68 Å². The van der Waals surface area contributed by atoms with Gasteiger partial charge in [-0.15, -0.1) is 0 Å². The summed E-state index contributed by atoms with van der Waals surface area (Å²) < 4.78 is 6.83. The highest BCUT2D eigenvalue weighted by atomic mass is 16.5. The molecule has 0 spiro atoms. The zero-order valence-electron chi connectivity index (χ0n) is 9.69. The van der Waals surface area contributed by atoms with Crippen LogP contribution >= 0.6 is 0 Å². The highest BCUT2D eigenvalue weighted by molar-refractivity contribution is 5.87. The largest absolute Gasteiger partial charge is 0.461 e. The van der Waals surface area contributed by atoms with Crippen molar-refractivity contribution in [2.24, 2.45) is 5.92 Å². The maximum atomic E-state index is 11.5. The molecule has 0 aliphatic carbocycles. The summed E-state index contributed by atoms with van der Waals surface area (Å²) in [5, 5.41) is 7.61. The zero-order valence-corrected chi connectivity index (χ0v) is 9.69. The Kier molecular flexibility index (Phi) is 3.24. The molecule has 2 heterocycles. The quantitative estimate of drug-likeness (QED) is 0.753. The van der Waals surface area contributed by atoms with Crippen molar-refractivity contribution in [2.75, 3.05) is 13.2 Å². The third-order valence-corrected chi connectivity index (χ3v) is 2.63. The van der Waals surface area contributed by atoms with Crippen molar-refractivity contribution in [2.45, 2.75) is 26.9 Å². The van der Waals surface area contributed by atoms with E-state index in [4.69, 9.17) is 4.74 Å². The predicted octanol–water partition coefficient (Wildman–Crippen LogP) is 0.799. The average Bonchev–Trinajstić information content (AvgIpc) is 2.54. The van der Waals surface area contributed by atoms with Crippen molar-refractivity contribution in [1.82, 2.24) is 15.1 Å². The highest BCUT2D eigenvalue weighted by Gasteiger charge is 2.18. The molecule has 0 fully saturated rings. The van der Waals surface area contributed by atoms with E-state index in [1.165, 1.54) is 0 Å². The monoisotopic (exact) mass is 223 g/mol. The number of carbonyl (C=O) groups excluding carboxylic acids is 1. The molecule has 1 aromatic heterocycles. The van der Waals surface area contributed by atoms with Gasteiger partial charge in [-0.1, -0.05) is 6.92 Å². The standard InChI is InChI=1S/C11H17N3O2/c1-3-16-11(15)10-4-9-6-12-5-8(2)7-14(9)13-10/h4,8,12H,3,5-7H2,1-2H3. The molecule has 0 aromatic carbocycles. The van der Waals surface area contributed by atoms with Gasteiger partial charge in [0.25, 0.3) is 0 Å². The minimum absolute atomic E-state index is 0.337. The molecule has 0 saturated carbocycles. The molecule has 5 heteroatoms. The number of nitrogens with one attached hydrogen (secondary N) is 1. The fourth-order valence-corrected chi connectivity index (χ4v) is 1.87. The van der Waals surface area contributed by atoms with E-state index >= 15 is 0 Å². The Labute approximate surface area is 94.8 Å². The lowest BCUT2D eigenvalue weighted by Crippen LogP contribution is -2.19. The number of rotatable bonds is 2. The molecule has 0 bridgehead atoms. The summed E-state index contributed by atoms with van der Waals surface area (Å²) in [4.78, 5) is 11.5. The maximum Gasteiger partial charge on any atom is 0.358 e. The summed E-state index contributed by atoms with van der Waals surface area (Å²) in [5.41, 5.74) is 1.46. The van der Waals surface area contributed by atoms with Crippen molar-refractivity contribution in [3.63, 3.8) is 0 Å². The molecule has 0 amide bonds. The molecule has 88 valence electrons. The SMILES string of the molecule is CCOC(=O)c1cc2n(n1)CC(C)CNC2. The first-order chi connectivity index (χ1) is 7.70. The van der Waals surface area contributed by atoms with E-state index in [0.717, 1.165) is 25.3 Å². The lowest BCUT2D eigenvalue weighted by atomic mass is 10.2. The van der Waals surface area contributed by atoms with Crippen molar-refractivity contribution in [3.8, 4) is 0 Å². The van der Waals surface area contributed by atoms with Crippen LogP contribution in [0.4, 0.5) is 0 Å². The number of esters is 1. The van der Waals surface area contributed by atoms with Crippen LogP contribution in [0.3, 0.4) is 0 Å². The number of nitrogens with zero attached hydrogens (tertiary/aromatic N) is 2. The number of carbonyl (C=O) groups is 1. The van der Waals surface area contributed by atoms with Crippen LogP contribution in [0.1, 0.15) is 30.0 Å². The zero-order chi connectivity index (χ0) is 11.5. The van der Waals surface area contributed by atoms with E-state index in [9.17, 15) is 4.79 Å². The number of aromatic nitrogens is 2. The van der Waals surface area contributed by atoms with Crippen molar-refractivity contribution >= 4 is 5.97 Å². The van der Waals surface area contributed by atoms with Crippen LogP contribution in [0.15, 0.2) is 6.07 Å². The van der Waals surface area contributed by atoms with E-state index in [0.29, 0.717) is 18.2 Å². The number of hydrogen-bond acceptors (Lipinski definition) is 4. The van der Waals surface area contributed by atoms with Crippen molar-refractivity contribution < 1.29 is 9.53 Å². The Morgan fingerprint density at radius 3 is 3.31 bits per heavy atom. The minimum atomic E-state index is -0.337. The van der Waals surface area contributed by atoms with Gasteiger partial charge in [0.2, 0.25) is 0 Å². The fourth-order valence-electron chi connectivity index (χ4n) is 1.87. The van der Waals surface area contributed by atoms with E-state index in [-0.39, 0.29) is 5.97 Å². The summed E-state index contributed by atoms with van der Waals surface area (Å²) in [6.07, 6.45) is 0. The third kappa shape index (κ3) is 2.24. The predicted molar refractivity (Wildman–Crippen MR) is 59.1 cm³/mol. The van der Waals surface area contributed by atoms with Gasteiger partial charge in [-0.05, 0) is 25.5 Å². The van der Waals surface area contributed by atoms with E-state index in [2.05, 4.69) is 17.3 Å². The first-order valence-electron chi connectivity index (χ1n) is 5.65.